The van der Waals surface area contributed by atoms with Gasteiger partial charge in [0.2, 0.25) is 5.43 Å². The number of H-pyrrole nitrogens is 1. The first-order valence-electron chi connectivity index (χ1n) is 9.59. The molecule has 0 bridgehead atoms. The van der Waals surface area contributed by atoms with Crippen LogP contribution in [0.25, 0.3) is 10.9 Å². The van der Waals surface area contributed by atoms with E-state index in [-0.39, 0.29) is 28.0 Å². The van der Waals surface area contributed by atoms with Crippen molar-refractivity contribution in [2.75, 3.05) is 7.05 Å². The van der Waals surface area contributed by atoms with Gasteiger partial charge >= 0.3 is 0 Å². The second-order valence-electron chi connectivity index (χ2n) is 6.99. The van der Waals surface area contributed by atoms with Crippen molar-refractivity contribution in [3.8, 4) is 0 Å². The lowest BCUT2D eigenvalue weighted by molar-refractivity contribution is 0.0950. The third-order valence-corrected chi connectivity index (χ3v) is 5.43. The monoisotopic (exact) mass is 475 g/mol. The number of hydrogen-bond acceptors (Lipinski definition) is 4. The number of ketones is 1. The number of nitrogens with one attached hydrogen (secondary N) is 2. The Kier molecular flexibility index (Phi) is 5.77. The first-order chi connectivity index (χ1) is 15.0. The van der Waals surface area contributed by atoms with Gasteiger partial charge in [-0.05, 0) is 51.8 Å². The van der Waals surface area contributed by atoms with Crippen LogP contribution in [0.2, 0.25) is 0 Å². The van der Waals surface area contributed by atoms with Gasteiger partial charge in [-0.15, -0.1) is 0 Å². The highest BCUT2D eigenvalue weighted by molar-refractivity contribution is 9.10. The third kappa shape index (κ3) is 4.18. The van der Waals surface area contributed by atoms with Crippen LogP contribution < -0.4 is 10.7 Å². The Bertz CT molecular complexity index is 1380. The summed E-state index contributed by atoms with van der Waals surface area (Å²) in [5.74, 6) is -0.883. The molecule has 0 atom stereocenters. The Balaban J connectivity index is 1.76. The Morgan fingerprint density at radius 3 is 2.52 bits per heavy atom. The number of fused-ring (bicyclic) bond motifs is 1. The number of carbonyl (C=O) groups excluding carboxylic acids is 2. The topological polar surface area (TPSA) is 91.9 Å². The summed E-state index contributed by atoms with van der Waals surface area (Å²) in [6, 6.07) is 17.6. The number of benzene rings is 2. The van der Waals surface area contributed by atoms with E-state index in [1.165, 1.54) is 13.2 Å². The van der Waals surface area contributed by atoms with Gasteiger partial charge in [-0.1, -0.05) is 30.3 Å². The molecule has 0 saturated heterocycles. The van der Waals surface area contributed by atoms with Gasteiger partial charge in [0.25, 0.3) is 5.91 Å². The maximum atomic E-state index is 13.2. The molecule has 0 aliphatic heterocycles. The number of halogens is 1. The Hall–Kier alpha value is -3.58. The van der Waals surface area contributed by atoms with E-state index in [1.54, 1.807) is 30.3 Å². The second-order valence-corrected chi connectivity index (χ2v) is 7.81. The number of aromatic nitrogens is 2. The van der Waals surface area contributed by atoms with E-state index in [0.29, 0.717) is 17.3 Å². The Morgan fingerprint density at radius 1 is 1.00 bits per heavy atom. The second kappa shape index (κ2) is 8.65. The standard InChI is InChI=1S/C24H18BrN3O3/c1-26-24(31)17-7-3-2-6-16(17)22(29)19-13-27-20-10-9-14(12-18(20)23(19)30)11-15-5-4-8-21(25)28-15/h2-10,12-13H,11H2,1H3,(H,26,31)(H,27,30). The molecule has 154 valence electrons. The molecule has 0 saturated carbocycles. The molecule has 2 aromatic heterocycles. The van der Waals surface area contributed by atoms with Crippen molar-refractivity contribution in [1.82, 2.24) is 15.3 Å². The molecule has 1 amide bonds. The lowest BCUT2D eigenvalue weighted by Gasteiger charge is -2.09. The van der Waals surface area contributed by atoms with Crippen molar-refractivity contribution in [2.24, 2.45) is 0 Å². The van der Waals surface area contributed by atoms with E-state index in [9.17, 15) is 14.4 Å². The zero-order valence-electron chi connectivity index (χ0n) is 16.6. The molecule has 0 spiro atoms. The number of carbonyl (C=O) groups is 2. The van der Waals surface area contributed by atoms with Crippen LogP contribution in [0.1, 0.15) is 37.5 Å². The molecule has 2 aromatic carbocycles. The minimum absolute atomic E-state index is 0.0124. The zero-order valence-corrected chi connectivity index (χ0v) is 18.2. The largest absolute Gasteiger partial charge is 0.360 e. The summed E-state index contributed by atoms with van der Waals surface area (Å²) < 4.78 is 0.742. The van der Waals surface area contributed by atoms with Gasteiger partial charge in [0.05, 0.1) is 11.1 Å². The number of aromatic amines is 1. The number of pyridine rings is 2. The van der Waals surface area contributed by atoms with Crippen LogP contribution in [0.3, 0.4) is 0 Å². The first kappa shape index (κ1) is 20.7. The highest BCUT2D eigenvalue weighted by Crippen LogP contribution is 2.18. The molecule has 0 aliphatic rings. The Labute approximate surface area is 186 Å². The highest BCUT2D eigenvalue weighted by Gasteiger charge is 2.20. The molecule has 6 nitrogen and oxygen atoms in total. The normalized spacial score (nSPS) is 10.8. The van der Waals surface area contributed by atoms with Gasteiger partial charge < -0.3 is 10.3 Å². The van der Waals surface area contributed by atoms with Crippen molar-refractivity contribution < 1.29 is 9.59 Å². The average molecular weight is 476 g/mol. The first-order valence-corrected chi connectivity index (χ1v) is 10.4. The third-order valence-electron chi connectivity index (χ3n) is 4.99. The number of nitrogens with zero attached hydrogens (tertiary/aromatic N) is 1. The maximum Gasteiger partial charge on any atom is 0.251 e. The average Bonchev–Trinajstić information content (AvgIpc) is 2.79. The number of rotatable bonds is 5. The van der Waals surface area contributed by atoms with Crippen LogP contribution in [0.4, 0.5) is 0 Å². The van der Waals surface area contributed by atoms with Crippen LogP contribution >= 0.6 is 15.9 Å². The quantitative estimate of drug-likeness (QED) is 0.338. The number of amides is 1. The predicted octanol–water partition coefficient (Wildman–Crippen LogP) is 3.87. The molecule has 31 heavy (non-hydrogen) atoms. The zero-order chi connectivity index (χ0) is 22.0. The van der Waals surface area contributed by atoms with Crippen LogP contribution in [0.5, 0.6) is 0 Å². The molecule has 0 radical (unpaired) electrons. The van der Waals surface area contributed by atoms with Gasteiger partial charge in [0, 0.05) is 41.8 Å². The summed E-state index contributed by atoms with van der Waals surface area (Å²) in [7, 11) is 1.49. The molecule has 4 rings (SSSR count). The van der Waals surface area contributed by atoms with E-state index >= 15 is 0 Å². The summed E-state index contributed by atoms with van der Waals surface area (Å²) in [6.45, 7) is 0. The van der Waals surface area contributed by atoms with Crippen molar-refractivity contribution in [1.29, 1.82) is 0 Å². The summed E-state index contributed by atoms with van der Waals surface area (Å²) in [4.78, 5) is 45.9. The molecular formula is C24H18BrN3O3. The number of hydrogen-bond donors (Lipinski definition) is 2. The smallest absolute Gasteiger partial charge is 0.251 e. The van der Waals surface area contributed by atoms with Crippen LogP contribution in [-0.2, 0) is 6.42 Å². The SMILES string of the molecule is CNC(=O)c1ccccc1C(=O)c1c[nH]c2ccc(Cc3cccc(Br)n3)cc2c1=O. The lowest BCUT2D eigenvalue weighted by Crippen LogP contribution is -2.23. The van der Waals surface area contributed by atoms with Gasteiger partial charge in [-0.2, -0.15) is 0 Å². The van der Waals surface area contributed by atoms with E-state index < -0.39 is 5.78 Å². The van der Waals surface area contributed by atoms with Crippen molar-refractivity contribution in [3.05, 3.63) is 110 Å². The molecule has 0 unspecified atom stereocenters. The van der Waals surface area contributed by atoms with Crippen LogP contribution in [0, 0.1) is 0 Å². The molecule has 0 aliphatic carbocycles. The van der Waals surface area contributed by atoms with Crippen LogP contribution in [0.15, 0.2) is 76.3 Å². The van der Waals surface area contributed by atoms with Crippen LogP contribution in [-0.4, -0.2) is 28.7 Å². The minimum Gasteiger partial charge on any atom is -0.360 e. The van der Waals surface area contributed by atoms with E-state index in [0.717, 1.165) is 15.9 Å². The van der Waals surface area contributed by atoms with Gasteiger partial charge in [0.1, 0.15) is 4.60 Å². The molecule has 2 N–H and O–H groups in total. The maximum absolute atomic E-state index is 13.2. The summed E-state index contributed by atoms with van der Waals surface area (Å²) >= 11 is 3.36. The molecule has 0 fully saturated rings. The lowest BCUT2D eigenvalue weighted by atomic mass is 9.97. The fourth-order valence-electron chi connectivity index (χ4n) is 3.46. The van der Waals surface area contributed by atoms with Gasteiger partial charge in [-0.25, -0.2) is 4.98 Å². The highest BCUT2D eigenvalue weighted by atomic mass is 79.9. The summed E-state index contributed by atoms with van der Waals surface area (Å²) in [5.41, 5.74) is 2.41. The molecule has 7 heteroatoms. The van der Waals surface area contributed by atoms with E-state index in [1.807, 2.05) is 30.3 Å². The molecule has 2 heterocycles. The fourth-order valence-corrected chi connectivity index (χ4v) is 3.84. The summed E-state index contributed by atoms with van der Waals surface area (Å²) in [6.07, 6.45) is 1.95. The van der Waals surface area contributed by atoms with Crippen molar-refractivity contribution >= 4 is 38.5 Å². The van der Waals surface area contributed by atoms with Crippen molar-refractivity contribution in [2.45, 2.75) is 6.42 Å². The van der Waals surface area contributed by atoms with Gasteiger partial charge in [-0.3, -0.25) is 14.4 Å². The summed E-state index contributed by atoms with van der Waals surface area (Å²) in [5, 5.41) is 2.93. The Morgan fingerprint density at radius 2 is 1.77 bits per heavy atom. The van der Waals surface area contributed by atoms with Crippen molar-refractivity contribution in [3.63, 3.8) is 0 Å². The molecule has 4 aromatic rings. The van der Waals surface area contributed by atoms with E-state index in [2.05, 4.69) is 31.2 Å². The molecular weight excluding hydrogens is 458 g/mol. The van der Waals surface area contributed by atoms with E-state index in [4.69, 9.17) is 0 Å². The fraction of sp³-hybridized carbons (Fsp3) is 0.0833. The van der Waals surface area contributed by atoms with Gasteiger partial charge in [0.15, 0.2) is 5.78 Å². The predicted molar refractivity (Wildman–Crippen MR) is 123 cm³/mol. The minimum atomic E-state index is -0.499.